The van der Waals surface area contributed by atoms with Gasteiger partial charge in [-0.3, -0.25) is 4.90 Å². The van der Waals surface area contributed by atoms with Crippen molar-refractivity contribution in [3.63, 3.8) is 0 Å². The Kier molecular flexibility index (Phi) is 3.83. The minimum absolute atomic E-state index is 0.282. The van der Waals surface area contributed by atoms with Crippen LogP contribution in [0.4, 0.5) is 0 Å². The summed E-state index contributed by atoms with van der Waals surface area (Å²) in [5, 5.41) is 3.51. The van der Waals surface area contributed by atoms with E-state index in [1.54, 1.807) is 0 Å². The lowest BCUT2D eigenvalue weighted by atomic mass is 9.82. The highest BCUT2D eigenvalue weighted by Gasteiger charge is 2.36. The molecule has 0 aromatic carbocycles. The molecule has 0 aromatic heterocycles. The molecule has 0 radical (unpaired) electrons. The van der Waals surface area contributed by atoms with Crippen molar-refractivity contribution in [2.45, 2.75) is 59.5 Å². The minimum atomic E-state index is 0.282. The summed E-state index contributed by atoms with van der Waals surface area (Å²) < 4.78 is 0. The standard InChI is InChI=1S/C13H28N2/c1-12(2,3)11-7-8-14-9-10-15(11)13(4,5)6/h11,14H,7-10H2,1-6H3/t11-/m1/s1. The highest BCUT2D eigenvalue weighted by Crippen LogP contribution is 2.32. The molecule has 0 unspecified atom stereocenters. The number of hydrogen-bond acceptors (Lipinski definition) is 2. The van der Waals surface area contributed by atoms with E-state index in [-0.39, 0.29) is 5.54 Å². The smallest absolute Gasteiger partial charge is 0.0162 e. The second-order valence-corrected chi connectivity index (χ2v) is 6.78. The molecular formula is C13H28N2. The summed E-state index contributed by atoms with van der Waals surface area (Å²) in [5.41, 5.74) is 0.656. The molecule has 1 N–H and O–H groups in total. The summed E-state index contributed by atoms with van der Waals surface area (Å²) in [6.45, 7) is 17.5. The van der Waals surface area contributed by atoms with Crippen LogP contribution in [0.2, 0.25) is 0 Å². The lowest BCUT2D eigenvalue weighted by molar-refractivity contribution is 0.0281. The van der Waals surface area contributed by atoms with Crippen molar-refractivity contribution in [3.8, 4) is 0 Å². The minimum Gasteiger partial charge on any atom is -0.315 e. The van der Waals surface area contributed by atoms with Crippen LogP contribution < -0.4 is 5.32 Å². The maximum atomic E-state index is 3.51. The number of hydrogen-bond donors (Lipinski definition) is 1. The fourth-order valence-electron chi connectivity index (χ4n) is 2.58. The van der Waals surface area contributed by atoms with Gasteiger partial charge >= 0.3 is 0 Å². The quantitative estimate of drug-likeness (QED) is 0.664. The van der Waals surface area contributed by atoms with Gasteiger partial charge < -0.3 is 5.32 Å². The van der Waals surface area contributed by atoms with Gasteiger partial charge in [-0.25, -0.2) is 0 Å². The first-order chi connectivity index (χ1) is 6.73. The van der Waals surface area contributed by atoms with Crippen molar-refractivity contribution in [2.75, 3.05) is 19.6 Å². The van der Waals surface area contributed by atoms with Gasteiger partial charge in [0.25, 0.3) is 0 Å². The Morgan fingerprint density at radius 3 is 2.07 bits per heavy atom. The first-order valence-electron chi connectivity index (χ1n) is 6.20. The second-order valence-electron chi connectivity index (χ2n) is 6.78. The van der Waals surface area contributed by atoms with Crippen LogP contribution in [0, 0.1) is 5.41 Å². The molecule has 1 aliphatic heterocycles. The molecule has 0 aliphatic carbocycles. The fourth-order valence-corrected chi connectivity index (χ4v) is 2.58. The molecule has 0 bridgehead atoms. The topological polar surface area (TPSA) is 15.3 Å². The molecule has 1 atom stereocenters. The zero-order chi connectivity index (χ0) is 11.7. The van der Waals surface area contributed by atoms with Crippen LogP contribution in [-0.4, -0.2) is 36.1 Å². The molecule has 0 aromatic rings. The Hall–Kier alpha value is -0.0800. The third-order valence-corrected chi connectivity index (χ3v) is 3.36. The van der Waals surface area contributed by atoms with Gasteiger partial charge in [-0.05, 0) is 39.2 Å². The SMILES string of the molecule is CC(C)(C)[C@H]1CCNCCN1C(C)(C)C. The zero-order valence-corrected chi connectivity index (χ0v) is 11.4. The molecule has 0 saturated carbocycles. The first-order valence-corrected chi connectivity index (χ1v) is 6.20. The molecule has 0 spiro atoms. The molecule has 2 heteroatoms. The molecule has 15 heavy (non-hydrogen) atoms. The molecule has 0 amide bonds. The lowest BCUT2D eigenvalue weighted by Gasteiger charge is -2.46. The maximum Gasteiger partial charge on any atom is 0.0162 e. The van der Waals surface area contributed by atoms with Crippen molar-refractivity contribution >= 4 is 0 Å². The van der Waals surface area contributed by atoms with Crippen LogP contribution in [0.25, 0.3) is 0 Å². The Morgan fingerprint density at radius 1 is 1.00 bits per heavy atom. The van der Waals surface area contributed by atoms with Gasteiger partial charge in [0.15, 0.2) is 0 Å². The van der Waals surface area contributed by atoms with E-state index >= 15 is 0 Å². The van der Waals surface area contributed by atoms with E-state index < -0.39 is 0 Å². The van der Waals surface area contributed by atoms with Gasteiger partial charge in [-0.15, -0.1) is 0 Å². The van der Waals surface area contributed by atoms with E-state index in [2.05, 4.69) is 51.8 Å². The van der Waals surface area contributed by atoms with Crippen LogP contribution in [0.15, 0.2) is 0 Å². The van der Waals surface area contributed by atoms with Gasteiger partial charge in [0, 0.05) is 24.7 Å². The van der Waals surface area contributed by atoms with E-state index in [0.717, 1.165) is 13.1 Å². The Morgan fingerprint density at radius 2 is 1.60 bits per heavy atom. The largest absolute Gasteiger partial charge is 0.315 e. The monoisotopic (exact) mass is 212 g/mol. The van der Waals surface area contributed by atoms with Crippen molar-refractivity contribution in [1.29, 1.82) is 0 Å². The van der Waals surface area contributed by atoms with Crippen molar-refractivity contribution in [3.05, 3.63) is 0 Å². The summed E-state index contributed by atoms with van der Waals surface area (Å²) in [7, 11) is 0. The third-order valence-electron chi connectivity index (χ3n) is 3.36. The van der Waals surface area contributed by atoms with Crippen LogP contribution in [0.1, 0.15) is 48.0 Å². The van der Waals surface area contributed by atoms with Crippen LogP contribution >= 0.6 is 0 Å². The first kappa shape index (κ1) is 13.0. The summed E-state index contributed by atoms with van der Waals surface area (Å²) in [5.74, 6) is 0. The summed E-state index contributed by atoms with van der Waals surface area (Å²) in [6.07, 6.45) is 1.26. The van der Waals surface area contributed by atoms with Crippen LogP contribution in [0.5, 0.6) is 0 Å². The van der Waals surface area contributed by atoms with E-state index in [4.69, 9.17) is 0 Å². The molecule has 1 saturated heterocycles. The summed E-state index contributed by atoms with van der Waals surface area (Å²) >= 11 is 0. The fraction of sp³-hybridized carbons (Fsp3) is 1.00. The summed E-state index contributed by atoms with van der Waals surface area (Å²) in [4.78, 5) is 2.67. The van der Waals surface area contributed by atoms with Gasteiger partial charge in [0.2, 0.25) is 0 Å². The van der Waals surface area contributed by atoms with Crippen molar-refractivity contribution in [2.24, 2.45) is 5.41 Å². The van der Waals surface area contributed by atoms with Crippen LogP contribution in [-0.2, 0) is 0 Å². The predicted octanol–water partition coefficient (Wildman–Crippen LogP) is 2.49. The lowest BCUT2D eigenvalue weighted by Crippen LogP contribution is -2.53. The predicted molar refractivity (Wildman–Crippen MR) is 67.2 cm³/mol. The van der Waals surface area contributed by atoms with Crippen molar-refractivity contribution < 1.29 is 0 Å². The molecule has 2 nitrogen and oxygen atoms in total. The number of rotatable bonds is 0. The molecule has 1 heterocycles. The van der Waals surface area contributed by atoms with Gasteiger partial charge in [0.1, 0.15) is 0 Å². The Balaban J connectivity index is 2.86. The Bertz CT molecular complexity index is 176. The zero-order valence-electron chi connectivity index (χ0n) is 11.4. The van der Waals surface area contributed by atoms with E-state index in [1.807, 2.05) is 0 Å². The van der Waals surface area contributed by atoms with Gasteiger partial charge in [-0.1, -0.05) is 20.8 Å². The highest BCUT2D eigenvalue weighted by molar-refractivity contribution is 4.92. The maximum absolute atomic E-state index is 3.51. The van der Waals surface area contributed by atoms with E-state index in [9.17, 15) is 0 Å². The molecule has 90 valence electrons. The second kappa shape index (κ2) is 4.42. The van der Waals surface area contributed by atoms with E-state index in [0.29, 0.717) is 11.5 Å². The molecule has 1 aliphatic rings. The van der Waals surface area contributed by atoms with Gasteiger partial charge in [-0.2, -0.15) is 0 Å². The van der Waals surface area contributed by atoms with Gasteiger partial charge in [0.05, 0.1) is 0 Å². The third kappa shape index (κ3) is 3.46. The average molecular weight is 212 g/mol. The summed E-state index contributed by atoms with van der Waals surface area (Å²) in [6, 6.07) is 0.687. The molecular weight excluding hydrogens is 184 g/mol. The number of nitrogens with zero attached hydrogens (tertiary/aromatic N) is 1. The molecule has 1 rings (SSSR count). The average Bonchev–Trinajstić information content (AvgIpc) is 2.24. The Labute approximate surface area is 95.4 Å². The van der Waals surface area contributed by atoms with Crippen molar-refractivity contribution in [1.82, 2.24) is 10.2 Å². The van der Waals surface area contributed by atoms with E-state index in [1.165, 1.54) is 13.0 Å². The molecule has 1 fully saturated rings. The normalized spacial score (nSPS) is 26.4. The highest BCUT2D eigenvalue weighted by atomic mass is 15.2. The number of nitrogens with one attached hydrogen (secondary N) is 1. The van der Waals surface area contributed by atoms with Crippen LogP contribution in [0.3, 0.4) is 0 Å².